The van der Waals surface area contributed by atoms with E-state index in [0.29, 0.717) is 12.6 Å². The number of anilines is 1. The lowest BCUT2D eigenvalue weighted by molar-refractivity contribution is 0.304. The maximum atomic E-state index is 8.83. The van der Waals surface area contributed by atoms with Crippen LogP contribution in [0.1, 0.15) is 25.5 Å². The molecule has 0 fully saturated rings. The zero-order valence-corrected chi connectivity index (χ0v) is 10.3. The number of aliphatic hydroxyl groups excluding tert-OH is 1. The molecule has 0 aromatic carbocycles. The molecule has 0 saturated carbocycles. The second-order valence-corrected chi connectivity index (χ2v) is 3.87. The molecule has 16 heavy (non-hydrogen) atoms. The number of rotatable bonds is 6. The molecule has 1 unspecified atom stereocenters. The smallest absolute Gasteiger partial charge is 0.128 e. The van der Waals surface area contributed by atoms with Gasteiger partial charge in [0.2, 0.25) is 0 Å². The van der Waals surface area contributed by atoms with E-state index in [-0.39, 0.29) is 6.61 Å². The Bertz CT molecular complexity index is 269. The molecule has 1 heterocycles. The first kappa shape index (κ1) is 12.9. The number of aliphatic hydroxyl groups is 1. The number of nitrogens with one attached hydrogen (secondary N) is 1. The molecule has 1 aromatic heterocycles. The Morgan fingerprint density at radius 1 is 1.50 bits per heavy atom. The minimum atomic E-state index is 0.147. The zero-order valence-electron chi connectivity index (χ0n) is 10.3. The lowest BCUT2D eigenvalue weighted by atomic mass is 10.1. The lowest BCUT2D eigenvalue weighted by Crippen LogP contribution is -2.22. The summed E-state index contributed by atoms with van der Waals surface area (Å²) in [5.74, 6) is 0.890. The fraction of sp³-hybridized carbons (Fsp3) is 0.583. The van der Waals surface area contributed by atoms with Crippen molar-refractivity contribution in [3.63, 3.8) is 0 Å². The topological polar surface area (TPSA) is 48.4 Å². The highest BCUT2D eigenvalue weighted by atomic mass is 16.3. The van der Waals surface area contributed by atoms with Gasteiger partial charge in [0.1, 0.15) is 5.82 Å². The molecule has 0 amide bonds. The largest absolute Gasteiger partial charge is 0.395 e. The summed E-state index contributed by atoms with van der Waals surface area (Å²) in [5.41, 5.74) is 1.18. The van der Waals surface area contributed by atoms with Crippen molar-refractivity contribution in [3.8, 4) is 0 Å². The van der Waals surface area contributed by atoms with Crippen molar-refractivity contribution in [2.75, 3.05) is 31.6 Å². The van der Waals surface area contributed by atoms with Crippen molar-refractivity contribution in [2.45, 2.75) is 19.9 Å². The van der Waals surface area contributed by atoms with Crippen LogP contribution < -0.4 is 10.2 Å². The van der Waals surface area contributed by atoms with Gasteiger partial charge in [-0.2, -0.15) is 0 Å². The maximum absolute atomic E-state index is 8.83. The number of pyridine rings is 1. The van der Waals surface area contributed by atoms with Gasteiger partial charge in [0.05, 0.1) is 6.61 Å². The van der Waals surface area contributed by atoms with Crippen LogP contribution in [0.2, 0.25) is 0 Å². The Kier molecular flexibility index (Phi) is 5.22. The standard InChI is InChI=1S/C12H21N3O/c1-4-13-10(2)11-5-6-12(14-9-11)15(3)7-8-16/h5-6,9-10,13,16H,4,7-8H2,1-3H3. The number of hydrogen-bond acceptors (Lipinski definition) is 4. The van der Waals surface area contributed by atoms with Crippen LogP contribution in [0.4, 0.5) is 5.82 Å². The first-order valence-electron chi connectivity index (χ1n) is 5.70. The predicted molar refractivity (Wildman–Crippen MR) is 66.7 cm³/mol. The molecule has 90 valence electrons. The molecule has 0 spiro atoms. The average Bonchev–Trinajstić information content (AvgIpc) is 2.30. The van der Waals surface area contributed by atoms with Crippen molar-refractivity contribution in [2.24, 2.45) is 0 Å². The van der Waals surface area contributed by atoms with Crippen LogP contribution in [-0.2, 0) is 0 Å². The molecular weight excluding hydrogens is 202 g/mol. The molecule has 0 radical (unpaired) electrons. The van der Waals surface area contributed by atoms with Crippen LogP contribution in [-0.4, -0.2) is 36.8 Å². The van der Waals surface area contributed by atoms with E-state index in [0.717, 1.165) is 12.4 Å². The van der Waals surface area contributed by atoms with E-state index in [2.05, 4.69) is 30.2 Å². The quantitative estimate of drug-likeness (QED) is 0.760. The van der Waals surface area contributed by atoms with E-state index < -0.39 is 0 Å². The lowest BCUT2D eigenvalue weighted by Gasteiger charge is -2.18. The minimum Gasteiger partial charge on any atom is -0.395 e. The van der Waals surface area contributed by atoms with E-state index in [1.807, 2.05) is 24.2 Å². The summed E-state index contributed by atoms with van der Waals surface area (Å²) in [6.07, 6.45) is 1.89. The van der Waals surface area contributed by atoms with Crippen LogP contribution in [0.5, 0.6) is 0 Å². The SMILES string of the molecule is CCNC(C)c1ccc(N(C)CCO)nc1. The van der Waals surface area contributed by atoms with Crippen LogP contribution in [0.15, 0.2) is 18.3 Å². The van der Waals surface area contributed by atoms with Gasteiger partial charge in [0.15, 0.2) is 0 Å². The fourth-order valence-corrected chi connectivity index (χ4v) is 1.57. The third kappa shape index (κ3) is 3.47. The first-order chi connectivity index (χ1) is 7.69. The van der Waals surface area contributed by atoms with Crippen molar-refractivity contribution < 1.29 is 5.11 Å². The molecule has 0 aliphatic rings. The first-order valence-corrected chi connectivity index (χ1v) is 5.70. The van der Waals surface area contributed by atoms with E-state index in [4.69, 9.17) is 5.11 Å². The summed E-state index contributed by atoms with van der Waals surface area (Å²) >= 11 is 0. The van der Waals surface area contributed by atoms with Gasteiger partial charge in [0, 0.05) is 25.8 Å². The normalized spacial score (nSPS) is 12.5. The van der Waals surface area contributed by atoms with Gasteiger partial charge >= 0.3 is 0 Å². The van der Waals surface area contributed by atoms with Crippen molar-refractivity contribution in [1.29, 1.82) is 0 Å². The third-order valence-corrected chi connectivity index (χ3v) is 2.61. The summed E-state index contributed by atoms with van der Waals surface area (Å²) in [7, 11) is 1.92. The summed E-state index contributed by atoms with van der Waals surface area (Å²) in [6.45, 7) is 5.92. The Morgan fingerprint density at radius 3 is 2.75 bits per heavy atom. The summed E-state index contributed by atoms with van der Waals surface area (Å²) in [5, 5.41) is 12.2. The summed E-state index contributed by atoms with van der Waals surface area (Å²) in [6, 6.07) is 4.39. The molecule has 1 aromatic rings. The van der Waals surface area contributed by atoms with Gasteiger partial charge in [-0.25, -0.2) is 4.98 Å². The molecular formula is C12H21N3O. The van der Waals surface area contributed by atoms with Gasteiger partial charge in [-0.3, -0.25) is 0 Å². The fourth-order valence-electron chi connectivity index (χ4n) is 1.57. The number of likely N-dealkylation sites (N-methyl/N-ethyl adjacent to an activating group) is 1. The highest BCUT2D eigenvalue weighted by Gasteiger charge is 2.05. The third-order valence-electron chi connectivity index (χ3n) is 2.61. The van der Waals surface area contributed by atoms with Gasteiger partial charge < -0.3 is 15.3 Å². The van der Waals surface area contributed by atoms with Gasteiger partial charge in [-0.05, 0) is 25.1 Å². The Balaban J connectivity index is 2.67. The molecule has 0 bridgehead atoms. The Hall–Kier alpha value is -1.13. The maximum Gasteiger partial charge on any atom is 0.128 e. The highest BCUT2D eigenvalue weighted by Crippen LogP contribution is 2.14. The van der Waals surface area contributed by atoms with E-state index in [9.17, 15) is 0 Å². The Morgan fingerprint density at radius 2 is 2.25 bits per heavy atom. The van der Waals surface area contributed by atoms with Crippen LogP contribution >= 0.6 is 0 Å². The van der Waals surface area contributed by atoms with Crippen LogP contribution in [0, 0.1) is 0 Å². The summed E-state index contributed by atoms with van der Waals surface area (Å²) in [4.78, 5) is 6.31. The molecule has 0 saturated heterocycles. The second-order valence-electron chi connectivity index (χ2n) is 3.87. The molecule has 4 heteroatoms. The summed E-state index contributed by atoms with van der Waals surface area (Å²) < 4.78 is 0. The van der Waals surface area contributed by atoms with Crippen LogP contribution in [0.3, 0.4) is 0 Å². The second kappa shape index (κ2) is 6.45. The molecule has 0 aliphatic heterocycles. The number of aromatic nitrogens is 1. The van der Waals surface area contributed by atoms with Gasteiger partial charge in [-0.15, -0.1) is 0 Å². The molecule has 4 nitrogen and oxygen atoms in total. The van der Waals surface area contributed by atoms with Crippen molar-refractivity contribution in [1.82, 2.24) is 10.3 Å². The molecule has 0 aliphatic carbocycles. The molecule has 2 N–H and O–H groups in total. The Labute approximate surface area is 97.3 Å². The van der Waals surface area contributed by atoms with E-state index in [1.165, 1.54) is 5.56 Å². The van der Waals surface area contributed by atoms with E-state index >= 15 is 0 Å². The van der Waals surface area contributed by atoms with Crippen molar-refractivity contribution in [3.05, 3.63) is 23.9 Å². The van der Waals surface area contributed by atoms with Crippen molar-refractivity contribution >= 4 is 5.82 Å². The molecule has 1 rings (SSSR count). The average molecular weight is 223 g/mol. The number of hydrogen-bond donors (Lipinski definition) is 2. The zero-order chi connectivity index (χ0) is 12.0. The van der Waals surface area contributed by atoms with Gasteiger partial charge in [-0.1, -0.05) is 13.0 Å². The van der Waals surface area contributed by atoms with Crippen LogP contribution in [0.25, 0.3) is 0 Å². The monoisotopic (exact) mass is 223 g/mol. The van der Waals surface area contributed by atoms with E-state index in [1.54, 1.807) is 0 Å². The predicted octanol–water partition coefficient (Wildman–Crippen LogP) is 1.18. The van der Waals surface area contributed by atoms with Gasteiger partial charge in [0.25, 0.3) is 0 Å². The highest BCUT2D eigenvalue weighted by molar-refractivity contribution is 5.38. The number of nitrogens with zero attached hydrogens (tertiary/aromatic N) is 2. The minimum absolute atomic E-state index is 0.147. The molecule has 1 atom stereocenters.